The average Bonchev–Trinajstić information content (AvgIpc) is 2.33. The first-order chi connectivity index (χ1) is 7.83. The molecule has 0 aromatic carbocycles. The summed E-state index contributed by atoms with van der Waals surface area (Å²) in [5, 5.41) is 3.51. The van der Waals surface area contributed by atoms with Crippen molar-refractivity contribution in [2.24, 2.45) is 0 Å². The Bertz CT molecular complexity index is 259. The van der Waals surface area contributed by atoms with E-state index in [1.54, 1.807) is 0 Å². The fourth-order valence-corrected chi connectivity index (χ4v) is 1.76. The molecule has 1 rings (SSSR count). The lowest BCUT2D eigenvalue weighted by atomic mass is 10.1. The van der Waals surface area contributed by atoms with Crippen molar-refractivity contribution in [2.45, 2.75) is 58.5 Å². The third kappa shape index (κ3) is 5.86. The van der Waals surface area contributed by atoms with Gasteiger partial charge in [0, 0.05) is 18.8 Å². The van der Waals surface area contributed by atoms with Gasteiger partial charge in [-0.3, -0.25) is 4.98 Å². The Morgan fingerprint density at radius 3 is 2.81 bits per heavy atom. The van der Waals surface area contributed by atoms with E-state index in [1.165, 1.54) is 32.1 Å². The molecule has 0 amide bonds. The van der Waals surface area contributed by atoms with Gasteiger partial charge in [0.2, 0.25) is 0 Å². The van der Waals surface area contributed by atoms with Crippen molar-refractivity contribution in [3.8, 4) is 0 Å². The molecule has 2 heteroatoms. The Labute approximate surface area is 99.5 Å². The van der Waals surface area contributed by atoms with Gasteiger partial charge in [0.05, 0.1) is 5.69 Å². The predicted octanol–water partition coefficient (Wildman–Crippen LogP) is 3.53. The van der Waals surface area contributed by atoms with Gasteiger partial charge in [0.15, 0.2) is 0 Å². The van der Waals surface area contributed by atoms with E-state index in [1.807, 2.05) is 18.3 Å². The zero-order valence-electron chi connectivity index (χ0n) is 10.6. The molecule has 16 heavy (non-hydrogen) atoms. The van der Waals surface area contributed by atoms with Crippen LogP contribution >= 0.6 is 0 Å². The van der Waals surface area contributed by atoms with Crippen molar-refractivity contribution in [1.82, 2.24) is 10.3 Å². The molecule has 0 fully saturated rings. The fourth-order valence-electron chi connectivity index (χ4n) is 1.76. The minimum absolute atomic E-state index is 0.596. The molecule has 0 bridgehead atoms. The molecule has 0 spiro atoms. The Morgan fingerprint density at radius 1 is 1.25 bits per heavy atom. The maximum Gasteiger partial charge on any atom is 0.0541 e. The molecule has 90 valence electrons. The van der Waals surface area contributed by atoms with Crippen LogP contribution in [0, 0.1) is 0 Å². The standard InChI is InChI=1S/C14H24N2/c1-3-4-5-6-9-13(2)16-12-14-10-7-8-11-15-14/h7-8,10-11,13,16H,3-6,9,12H2,1-2H3. The van der Waals surface area contributed by atoms with Crippen LogP contribution < -0.4 is 5.32 Å². The summed E-state index contributed by atoms with van der Waals surface area (Å²) in [5.74, 6) is 0. The smallest absolute Gasteiger partial charge is 0.0541 e. The van der Waals surface area contributed by atoms with Crippen LogP contribution in [0.2, 0.25) is 0 Å². The van der Waals surface area contributed by atoms with Gasteiger partial charge in [-0.1, -0.05) is 38.7 Å². The van der Waals surface area contributed by atoms with E-state index in [-0.39, 0.29) is 0 Å². The monoisotopic (exact) mass is 220 g/mol. The maximum atomic E-state index is 4.30. The summed E-state index contributed by atoms with van der Waals surface area (Å²) in [6.45, 7) is 5.40. The summed E-state index contributed by atoms with van der Waals surface area (Å²) >= 11 is 0. The molecule has 0 aliphatic rings. The zero-order valence-corrected chi connectivity index (χ0v) is 10.6. The molecule has 1 N–H and O–H groups in total. The van der Waals surface area contributed by atoms with Crippen LogP contribution in [0.25, 0.3) is 0 Å². The number of unbranched alkanes of at least 4 members (excludes halogenated alkanes) is 3. The highest BCUT2D eigenvalue weighted by molar-refractivity contribution is 5.02. The van der Waals surface area contributed by atoms with Gasteiger partial charge in [-0.05, 0) is 25.5 Å². The topological polar surface area (TPSA) is 24.9 Å². The molecule has 1 unspecified atom stereocenters. The highest BCUT2D eigenvalue weighted by Crippen LogP contribution is 2.05. The second-order valence-corrected chi connectivity index (χ2v) is 4.45. The predicted molar refractivity (Wildman–Crippen MR) is 69.3 cm³/mol. The van der Waals surface area contributed by atoms with Gasteiger partial charge < -0.3 is 5.32 Å². The molecule has 1 aromatic rings. The second-order valence-electron chi connectivity index (χ2n) is 4.45. The number of rotatable bonds is 8. The Hall–Kier alpha value is -0.890. The number of nitrogens with zero attached hydrogens (tertiary/aromatic N) is 1. The Morgan fingerprint density at radius 2 is 2.12 bits per heavy atom. The van der Waals surface area contributed by atoms with Gasteiger partial charge in [-0.2, -0.15) is 0 Å². The number of nitrogens with one attached hydrogen (secondary N) is 1. The maximum absolute atomic E-state index is 4.30. The first-order valence-corrected chi connectivity index (χ1v) is 6.46. The summed E-state index contributed by atoms with van der Waals surface area (Å²) in [4.78, 5) is 4.30. The summed E-state index contributed by atoms with van der Waals surface area (Å²) in [6, 6.07) is 6.66. The normalized spacial score (nSPS) is 12.6. The van der Waals surface area contributed by atoms with E-state index in [0.29, 0.717) is 6.04 Å². The van der Waals surface area contributed by atoms with Gasteiger partial charge >= 0.3 is 0 Å². The lowest BCUT2D eigenvalue weighted by Crippen LogP contribution is -2.25. The largest absolute Gasteiger partial charge is 0.309 e. The molecule has 0 radical (unpaired) electrons. The van der Waals surface area contributed by atoms with Crippen LogP contribution in [0.5, 0.6) is 0 Å². The summed E-state index contributed by atoms with van der Waals surface area (Å²) in [5.41, 5.74) is 1.13. The quantitative estimate of drug-likeness (QED) is 0.678. The molecule has 1 aromatic heterocycles. The minimum Gasteiger partial charge on any atom is -0.309 e. The van der Waals surface area contributed by atoms with Crippen molar-refractivity contribution >= 4 is 0 Å². The van der Waals surface area contributed by atoms with Crippen LogP contribution in [0.3, 0.4) is 0 Å². The molecule has 2 nitrogen and oxygen atoms in total. The van der Waals surface area contributed by atoms with Crippen LogP contribution in [0.1, 0.15) is 51.6 Å². The summed E-state index contributed by atoms with van der Waals surface area (Å²) in [7, 11) is 0. The minimum atomic E-state index is 0.596. The van der Waals surface area contributed by atoms with Gasteiger partial charge in [-0.25, -0.2) is 0 Å². The highest BCUT2D eigenvalue weighted by atomic mass is 14.9. The average molecular weight is 220 g/mol. The fraction of sp³-hybridized carbons (Fsp3) is 0.643. The highest BCUT2D eigenvalue weighted by Gasteiger charge is 2.01. The summed E-state index contributed by atoms with van der Waals surface area (Å²) in [6.07, 6.45) is 8.51. The Balaban J connectivity index is 2.08. The second kappa shape index (κ2) is 8.28. The van der Waals surface area contributed by atoms with Gasteiger partial charge in [-0.15, -0.1) is 0 Å². The van der Waals surface area contributed by atoms with Crippen molar-refractivity contribution in [3.05, 3.63) is 30.1 Å². The van der Waals surface area contributed by atoms with Crippen molar-refractivity contribution in [2.75, 3.05) is 0 Å². The number of aromatic nitrogens is 1. The van der Waals surface area contributed by atoms with Crippen LogP contribution in [-0.2, 0) is 6.54 Å². The molecule has 0 saturated carbocycles. The SMILES string of the molecule is CCCCCCC(C)NCc1ccccn1. The third-order valence-corrected chi connectivity index (χ3v) is 2.85. The number of hydrogen-bond donors (Lipinski definition) is 1. The Kier molecular flexibility index (Phi) is 6.82. The van der Waals surface area contributed by atoms with Crippen molar-refractivity contribution in [3.63, 3.8) is 0 Å². The van der Waals surface area contributed by atoms with Crippen LogP contribution in [0.15, 0.2) is 24.4 Å². The molecule has 0 aliphatic heterocycles. The van der Waals surface area contributed by atoms with E-state index >= 15 is 0 Å². The molecule has 1 heterocycles. The number of pyridine rings is 1. The zero-order chi connectivity index (χ0) is 11.6. The van der Waals surface area contributed by atoms with Crippen molar-refractivity contribution < 1.29 is 0 Å². The molecule has 0 aliphatic carbocycles. The van der Waals surface area contributed by atoms with Gasteiger partial charge in [0.1, 0.15) is 0 Å². The van der Waals surface area contributed by atoms with E-state index in [2.05, 4.69) is 30.2 Å². The first-order valence-electron chi connectivity index (χ1n) is 6.46. The van der Waals surface area contributed by atoms with E-state index in [0.717, 1.165) is 12.2 Å². The van der Waals surface area contributed by atoms with E-state index in [4.69, 9.17) is 0 Å². The molecule has 1 atom stereocenters. The molecule has 0 saturated heterocycles. The molecular weight excluding hydrogens is 196 g/mol. The van der Waals surface area contributed by atoms with Crippen LogP contribution in [0.4, 0.5) is 0 Å². The first kappa shape index (κ1) is 13.2. The van der Waals surface area contributed by atoms with Crippen LogP contribution in [-0.4, -0.2) is 11.0 Å². The summed E-state index contributed by atoms with van der Waals surface area (Å²) < 4.78 is 0. The van der Waals surface area contributed by atoms with E-state index < -0.39 is 0 Å². The lowest BCUT2D eigenvalue weighted by Gasteiger charge is -2.13. The van der Waals surface area contributed by atoms with Gasteiger partial charge in [0.25, 0.3) is 0 Å². The lowest BCUT2D eigenvalue weighted by molar-refractivity contribution is 0.480. The van der Waals surface area contributed by atoms with E-state index in [9.17, 15) is 0 Å². The molecular formula is C14H24N2. The van der Waals surface area contributed by atoms with Crippen molar-refractivity contribution in [1.29, 1.82) is 0 Å². The number of hydrogen-bond acceptors (Lipinski definition) is 2. The third-order valence-electron chi connectivity index (χ3n) is 2.85.